The first-order valence-corrected chi connectivity index (χ1v) is 11.6. The second-order valence-corrected chi connectivity index (χ2v) is 9.37. The van der Waals surface area contributed by atoms with Crippen molar-refractivity contribution < 1.29 is 23.1 Å². The van der Waals surface area contributed by atoms with Crippen LogP contribution in [0.2, 0.25) is 5.15 Å². The number of thiophene rings is 1. The molecule has 0 spiro atoms. The van der Waals surface area contributed by atoms with E-state index in [1.165, 1.54) is 0 Å². The number of nitrogens with zero attached hydrogens (tertiary/aromatic N) is 3. The zero-order valence-corrected chi connectivity index (χ0v) is 19.3. The summed E-state index contributed by atoms with van der Waals surface area (Å²) < 4.78 is 41.4. The molecule has 4 rings (SSSR count). The van der Waals surface area contributed by atoms with Crippen LogP contribution in [-0.4, -0.2) is 46.7 Å². The number of halogens is 4. The van der Waals surface area contributed by atoms with Crippen molar-refractivity contribution in [1.29, 1.82) is 0 Å². The van der Waals surface area contributed by atoms with Crippen molar-refractivity contribution in [2.24, 2.45) is 5.73 Å². The average Bonchev–Trinajstić information content (AvgIpc) is 3.13. The third-order valence-electron chi connectivity index (χ3n) is 5.71. The van der Waals surface area contributed by atoms with E-state index < -0.39 is 23.8 Å². The molecule has 0 aliphatic carbocycles. The standard InChI is InChI=1S/C21H22ClF3N6O2S/c22-14-3-1-2-12(29-14)13(32)9-28-10-4-6-31(7-5-10)15-8-11(21(23,24)25)16-17(26)18(19(27)33)34-20(16)30-15/h1-3,8,10,13,28,32H,4-7,9,26H2,(H2,27,33)/t13-/m0/s1. The summed E-state index contributed by atoms with van der Waals surface area (Å²) in [5.74, 6) is -0.726. The van der Waals surface area contributed by atoms with Gasteiger partial charge in [0.1, 0.15) is 26.8 Å². The number of hydrogen-bond donors (Lipinski definition) is 4. The summed E-state index contributed by atoms with van der Waals surface area (Å²) in [5, 5.41) is 13.6. The predicted octanol–water partition coefficient (Wildman–Crippen LogP) is 3.34. The maximum atomic E-state index is 13.8. The molecular formula is C21H22ClF3N6O2S. The van der Waals surface area contributed by atoms with Crippen molar-refractivity contribution >= 4 is 50.6 Å². The lowest BCUT2D eigenvalue weighted by atomic mass is 10.0. The van der Waals surface area contributed by atoms with Gasteiger partial charge in [0, 0.05) is 31.1 Å². The number of anilines is 2. The highest BCUT2D eigenvalue weighted by Crippen LogP contribution is 2.43. The number of carbonyl (C=O) groups excluding carboxylic acids is 1. The number of hydrogen-bond acceptors (Lipinski definition) is 8. The number of aromatic nitrogens is 2. The monoisotopic (exact) mass is 514 g/mol. The van der Waals surface area contributed by atoms with E-state index in [1.54, 1.807) is 23.1 Å². The number of aliphatic hydroxyl groups excluding tert-OH is 1. The Balaban J connectivity index is 1.47. The number of pyridine rings is 2. The van der Waals surface area contributed by atoms with Crippen LogP contribution in [0.3, 0.4) is 0 Å². The maximum absolute atomic E-state index is 13.8. The van der Waals surface area contributed by atoms with Crippen LogP contribution in [-0.2, 0) is 6.18 Å². The third-order valence-corrected chi connectivity index (χ3v) is 7.04. The highest BCUT2D eigenvalue weighted by atomic mass is 35.5. The molecule has 182 valence electrons. The van der Waals surface area contributed by atoms with Gasteiger partial charge in [0.25, 0.3) is 5.91 Å². The lowest BCUT2D eigenvalue weighted by Crippen LogP contribution is -2.44. The number of primary amides is 1. The first-order valence-electron chi connectivity index (χ1n) is 10.4. The zero-order chi connectivity index (χ0) is 24.6. The largest absolute Gasteiger partial charge is 0.417 e. The lowest BCUT2D eigenvalue weighted by molar-refractivity contribution is -0.136. The molecule has 1 aliphatic heterocycles. The minimum Gasteiger partial charge on any atom is -0.397 e. The molecule has 1 amide bonds. The van der Waals surface area contributed by atoms with Gasteiger partial charge in [-0.05, 0) is 31.0 Å². The van der Waals surface area contributed by atoms with Gasteiger partial charge in [-0.25, -0.2) is 9.97 Å². The lowest BCUT2D eigenvalue weighted by Gasteiger charge is -2.34. The smallest absolute Gasteiger partial charge is 0.397 e. The molecule has 0 aromatic carbocycles. The first kappa shape index (κ1) is 24.5. The Hall–Kier alpha value is -2.67. The Kier molecular flexibility index (Phi) is 6.85. The van der Waals surface area contributed by atoms with Crippen molar-refractivity contribution in [2.75, 3.05) is 30.3 Å². The van der Waals surface area contributed by atoms with E-state index in [4.69, 9.17) is 23.1 Å². The number of amides is 1. The normalized spacial score (nSPS) is 16.2. The number of alkyl halides is 3. The second kappa shape index (κ2) is 9.53. The summed E-state index contributed by atoms with van der Waals surface area (Å²) in [4.78, 5) is 21.7. The van der Waals surface area contributed by atoms with Crippen molar-refractivity contribution in [3.8, 4) is 0 Å². The minimum atomic E-state index is -4.68. The Bertz CT molecular complexity index is 1210. The Morgan fingerprint density at radius 1 is 1.32 bits per heavy atom. The van der Waals surface area contributed by atoms with Gasteiger partial charge in [-0.15, -0.1) is 11.3 Å². The van der Waals surface area contributed by atoms with E-state index in [-0.39, 0.29) is 39.2 Å². The SMILES string of the molecule is NC(=O)c1sc2nc(N3CCC(NC[C@H](O)c4cccc(Cl)n4)CC3)cc(C(F)(F)F)c2c1N. The van der Waals surface area contributed by atoms with Crippen LogP contribution < -0.4 is 21.7 Å². The Morgan fingerprint density at radius 2 is 2.03 bits per heavy atom. The quantitative estimate of drug-likeness (QED) is 0.371. The summed E-state index contributed by atoms with van der Waals surface area (Å²) in [5.41, 5.74) is 10.3. The first-order chi connectivity index (χ1) is 16.0. The number of rotatable bonds is 6. The summed E-state index contributed by atoms with van der Waals surface area (Å²) in [6, 6.07) is 6.05. The van der Waals surface area contributed by atoms with E-state index in [2.05, 4.69) is 15.3 Å². The number of piperidine rings is 1. The molecule has 8 nitrogen and oxygen atoms in total. The van der Waals surface area contributed by atoms with Crippen molar-refractivity contribution in [2.45, 2.75) is 31.2 Å². The molecule has 0 saturated carbocycles. The van der Waals surface area contributed by atoms with Crippen LogP contribution >= 0.6 is 22.9 Å². The summed E-state index contributed by atoms with van der Waals surface area (Å²) in [6.45, 7) is 1.19. The highest BCUT2D eigenvalue weighted by Gasteiger charge is 2.37. The third kappa shape index (κ3) is 5.04. The number of nitrogen functional groups attached to an aromatic ring is 1. The fourth-order valence-corrected chi connectivity index (χ4v) is 5.12. The van der Waals surface area contributed by atoms with Crippen molar-refractivity contribution in [1.82, 2.24) is 15.3 Å². The predicted molar refractivity (Wildman–Crippen MR) is 125 cm³/mol. The van der Waals surface area contributed by atoms with Gasteiger partial charge in [0.05, 0.1) is 16.9 Å². The number of aliphatic hydroxyl groups is 1. The molecule has 3 aromatic rings. The van der Waals surface area contributed by atoms with Crippen molar-refractivity contribution in [3.63, 3.8) is 0 Å². The molecule has 0 radical (unpaired) electrons. The fourth-order valence-electron chi connectivity index (χ4n) is 3.98. The van der Waals surface area contributed by atoms with Crippen LogP contribution in [0.1, 0.15) is 39.9 Å². The number of nitrogens with one attached hydrogen (secondary N) is 1. The molecular weight excluding hydrogens is 493 g/mol. The fraction of sp³-hybridized carbons (Fsp3) is 0.381. The van der Waals surface area contributed by atoms with E-state index in [1.807, 2.05) is 0 Å². The molecule has 0 bridgehead atoms. The molecule has 4 heterocycles. The van der Waals surface area contributed by atoms with E-state index in [0.717, 1.165) is 17.4 Å². The van der Waals surface area contributed by atoms with E-state index >= 15 is 0 Å². The van der Waals surface area contributed by atoms with Crippen LogP contribution in [0.4, 0.5) is 24.7 Å². The topological polar surface area (TPSA) is 130 Å². The molecule has 6 N–H and O–H groups in total. The maximum Gasteiger partial charge on any atom is 0.417 e. The molecule has 0 unspecified atom stereocenters. The van der Waals surface area contributed by atoms with Crippen LogP contribution in [0, 0.1) is 0 Å². The molecule has 3 aromatic heterocycles. The van der Waals surface area contributed by atoms with Gasteiger partial charge in [0.15, 0.2) is 0 Å². The highest BCUT2D eigenvalue weighted by molar-refractivity contribution is 7.21. The van der Waals surface area contributed by atoms with Gasteiger partial charge in [-0.2, -0.15) is 13.2 Å². The van der Waals surface area contributed by atoms with E-state index in [9.17, 15) is 23.1 Å². The van der Waals surface area contributed by atoms with Crippen LogP contribution in [0.15, 0.2) is 24.3 Å². The molecule has 1 saturated heterocycles. The van der Waals surface area contributed by atoms with Gasteiger partial charge < -0.3 is 26.8 Å². The van der Waals surface area contributed by atoms with E-state index in [0.29, 0.717) is 36.8 Å². The average molecular weight is 515 g/mol. The zero-order valence-electron chi connectivity index (χ0n) is 17.8. The minimum absolute atomic E-state index is 0.0218. The number of carbonyl (C=O) groups is 1. The van der Waals surface area contributed by atoms with Crippen molar-refractivity contribution in [3.05, 3.63) is 45.6 Å². The summed E-state index contributed by atoms with van der Waals surface area (Å²) in [7, 11) is 0. The molecule has 1 fully saturated rings. The van der Waals surface area contributed by atoms with Gasteiger partial charge >= 0.3 is 6.18 Å². The summed E-state index contributed by atoms with van der Waals surface area (Å²) >= 11 is 6.62. The van der Waals surface area contributed by atoms with Gasteiger partial charge in [0.2, 0.25) is 0 Å². The number of fused-ring (bicyclic) bond motifs is 1. The Morgan fingerprint density at radius 3 is 2.65 bits per heavy atom. The molecule has 13 heteroatoms. The molecule has 34 heavy (non-hydrogen) atoms. The Labute approximate surface area is 201 Å². The van der Waals surface area contributed by atoms with Crippen LogP contribution in [0.5, 0.6) is 0 Å². The summed E-state index contributed by atoms with van der Waals surface area (Å²) in [6.07, 6.45) is -4.24. The molecule has 1 aliphatic rings. The second-order valence-electron chi connectivity index (χ2n) is 7.99. The van der Waals surface area contributed by atoms with Crippen LogP contribution in [0.25, 0.3) is 10.2 Å². The number of nitrogens with two attached hydrogens (primary N) is 2. The van der Waals surface area contributed by atoms with Gasteiger partial charge in [-0.3, -0.25) is 4.79 Å². The molecule has 1 atom stereocenters. The van der Waals surface area contributed by atoms with Gasteiger partial charge in [-0.1, -0.05) is 17.7 Å².